The molecule has 12 heteroatoms. The Kier molecular flexibility index (Phi) is 7.40. The van der Waals surface area contributed by atoms with Crippen LogP contribution in [0.5, 0.6) is 0 Å². The van der Waals surface area contributed by atoms with Crippen molar-refractivity contribution < 1.29 is 19.4 Å². The molecule has 2 aliphatic heterocycles. The van der Waals surface area contributed by atoms with Gasteiger partial charge in [-0.2, -0.15) is 0 Å². The Labute approximate surface area is 226 Å². The number of hydrogen-bond acceptors (Lipinski definition) is 9. The van der Waals surface area contributed by atoms with Crippen molar-refractivity contribution in [1.82, 2.24) is 14.9 Å². The van der Waals surface area contributed by atoms with Crippen molar-refractivity contribution in [3.8, 4) is 0 Å². The average Bonchev–Trinajstić information content (AvgIpc) is 2.92. The first-order valence-corrected chi connectivity index (χ1v) is 13.0. The summed E-state index contributed by atoms with van der Waals surface area (Å²) in [4.78, 5) is 39.3. The van der Waals surface area contributed by atoms with Crippen LogP contribution in [-0.4, -0.2) is 90.5 Å². The molecule has 4 heterocycles. The van der Waals surface area contributed by atoms with Gasteiger partial charge in [-0.15, -0.1) is 0 Å². The van der Waals surface area contributed by atoms with Gasteiger partial charge < -0.3 is 41.3 Å². The van der Waals surface area contributed by atoms with Crippen LogP contribution < -0.4 is 26.6 Å². The first kappa shape index (κ1) is 26.4. The second kappa shape index (κ2) is 10.9. The molecule has 0 saturated carbocycles. The summed E-state index contributed by atoms with van der Waals surface area (Å²) in [5.41, 5.74) is 16.0. The molecule has 2 aromatic heterocycles. The van der Waals surface area contributed by atoms with Crippen molar-refractivity contribution in [2.45, 2.75) is 19.0 Å². The number of anilines is 4. The van der Waals surface area contributed by atoms with Crippen LogP contribution in [0.2, 0.25) is 0 Å². The van der Waals surface area contributed by atoms with Crippen LogP contribution in [-0.2, 0) is 4.74 Å². The molecule has 2 fully saturated rings. The van der Waals surface area contributed by atoms with Gasteiger partial charge in [-0.1, -0.05) is 13.0 Å². The van der Waals surface area contributed by atoms with Crippen molar-refractivity contribution in [1.29, 1.82) is 0 Å². The summed E-state index contributed by atoms with van der Waals surface area (Å²) in [6, 6.07) is 8.79. The number of carbonyl (C=O) groups excluding carboxylic acids is 1. The maximum Gasteiger partial charge on any atom is 0.407 e. The number of nitrogen functional groups attached to an aromatic ring is 1. The van der Waals surface area contributed by atoms with Crippen LogP contribution in [0, 0.1) is 5.92 Å². The summed E-state index contributed by atoms with van der Waals surface area (Å²) < 4.78 is 5.45. The molecule has 2 aliphatic rings. The van der Waals surface area contributed by atoms with Crippen LogP contribution in [0.3, 0.4) is 0 Å². The molecule has 2 amide bonds. The highest BCUT2D eigenvalue weighted by molar-refractivity contribution is 6.09. The van der Waals surface area contributed by atoms with E-state index in [-0.39, 0.29) is 23.3 Å². The molecule has 0 bridgehead atoms. The van der Waals surface area contributed by atoms with E-state index in [1.807, 2.05) is 36.1 Å². The van der Waals surface area contributed by atoms with Crippen LogP contribution in [0.15, 0.2) is 42.7 Å². The number of nitrogens with two attached hydrogens (primary N) is 2. The summed E-state index contributed by atoms with van der Waals surface area (Å²) in [5, 5.41) is 13.2. The van der Waals surface area contributed by atoms with Gasteiger partial charge in [-0.05, 0) is 30.2 Å². The minimum atomic E-state index is -1.01. The fraction of sp³-hybridized carbons (Fsp3) is 0.407. The average molecular weight is 535 g/mol. The van der Waals surface area contributed by atoms with Crippen molar-refractivity contribution in [2.24, 2.45) is 11.7 Å². The zero-order valence-electron chi connectivity index (χ0n) is 22.1. The molecule has 5 rings (SSSR count). The van der Waals surface area contributed by atoms with E-state index in [9.17, 15) is 14.7 Å². The minimum Gasteiger partial charge on any atom is -0.465 e. The third-order valence-electron chi connectivity index (χ3n) is 7.52. The second-order valence-electron chi connectivity index (χ2n) is 10.2. The number of carboxylic acid groups (broad SMARTS) is 1. The van der Waals surface area contributed by atoms with Gasteiger partial charge in [0.15, 0.2) is 5.69 Å². The van der Waals surface area contributed by atoms with Crippen LogP contribution >= 0.6 is 0 Å². The lowest BCUT2D eigenvalue weighted by molar-refractivity contribution is 0.102. The number of rotatable bonds is 5. The molecule has 0 radical (unpaired) electrons. The van der Waals surface area contributed by atoms with Crippen LogP contribution in [0.25, 0.3) is 10.9 Å². The number of piperidine rings is 1. The predicted octanol–water partition coefficient (Wildman–Crippen LogP) is 2.06. The van der Waals surface area contributed by atoms with E-state index in [0.717, 1.165) is 29.9 Å². The number of amides is 2. The number of nitrogens with one attached hydrogen (secondary N) is 1. The molecule has 3 atom stereocenters. The van der Waals surface area contributed by atoms with Gasteiger partial charge in [-0.25, -0.2) is 9.78 Å². The Morgan fingerprint density at radius 2 is 1.92 bits per heavy atom. The number of benzene rings is 1. The summed E-state index contributed by atoms with van der Waals surface area (Å²) in [5.74, 6) is -0.483. The van der Waals surface area contributed by atoms with Crippen molar-refractivity contribution in [2.75, 3.05) is 67.3 Å². The number of pyridine rings is 2. The molecule has 206 valence electrons. The first-order chi connectivity index (χ1) is 18.7. The van der Waals surface area contributed by atoms with Crippen molar-refractivity contribution >= 4 is 45.7 Å². The van der Waals surface area contributed by atoms with Gasteiger partial charge in [0.1, 0.15) is 0 Å². The number of ether oxygens (including phenoxy) is 1. The molecule has 2 saturated heterocycles. The number of fused-ring (bicyclic) bond motifs is 1. The number of aromatic nitrogens is 2. The highest BCUT2D eigenvalue weighted by Crippen LogP contribution is 2.31. The standard InChI is InChI=1S/C27H34N8O4/c1-16-14-35(15-20(29)25(16)33(2)27(37)38)23-5-6-30-13-22(23)32-26(36)24-19(28)11-17-3-4-18(12-21(17)31-24)34-7-9-39-10-8-34/h3-6,11-13,16,20,25H,7-10,14-15,28-29H2,1-2H3,(H,32,36)(H,37,38)/t16-,20+,25-/m0/s1. The van der Waals surface area contributed by atoms with Crippen LogP contribution in [0.4, 0.5) is 27.5 Å². The van der Waals surface area contributed by atoms with Gasteiger partial charge in [0, 0.05) is 56.5 Å². The number of likely N-dealkylation sites (N-methyl/N-ethyl adjacent to an activating group) is 1. The van der Waals surface area contributed by atoms with E-state index in [1.54, 1.807) is 25.5 Å². The quantitative estimate of drug-likeness (QED) is 0.381. The summed E-state index contributed by atoms with van der Waals surface area (Å²) in [7, 11) is 1.54. The van der Waals surface area contributed by atoms with E-state index in [1.165, 1.54) is 4.90 Å². The van der Waals surface area contributed by atoms with Crippen LogP contribution in [0.1, 0.15) is 17.4 Å². The lowest BCUT2D eigenvalue weighted by atomic mass is 9.89. The zero-order valence-corrected chi connectivity index (χ0v) is 22.1. The molecule has 12 nitrogen and oxygen atoms in total. The maximum atomic E-state index is 13.4. The van der Waals surface area contributed by atoms with Gasteiger partial charge in [0.05, 0.1) is 48.0 Å². The molecular formula is C27H34N8O4. The largest absolute Gasteiger partial charge is 0.465 e. The number of carbonyl (C=O) groups is 2. The maximum absolute atomic E-state index is 13.4. The zero-order chi connectivity index (χ0) is 27.7. The molecule has 3 aromatic rings. The monoisotopic (exact) mass is 534 g/mol. The fourth-order valence-electron chi connectivity index (χ4n) is 5.62. The molecule has 0 aliphatic carbocycles. The lowest BCUT2D eigenvalue weighted by Gasteiger charge is -2.45. The Morgan fingerprint density at radius 1 is 1.15 bits per heavy atom. The second-order valence-corrected chi connectivity index (χ2v) is 10.2. The van der Waals surface area contributed by atoms with Gasteiger partial charge in [-0.3, -0.25) is 9.78 Å². The van der Waals surface area contributed by atoms with Gasteiger partial charge in [0.25, 0.3) is 5.91 Å². The number of nitrogens with zero attached hydrogens (tertiary/aromatic N) is 5. The summed E-state index contributed by atoms with van der Waals surface area (Å²) in [6.45, 7) is 5.88. The van der Waals surface area contributed by atoms with E-state index in [0.29, 0.717) is 37.5 Å². The highest BCUT2D eigenvalue weighted by Gasteiger charge is 2.37. The van der Waals surface area contributed by atoms with E-state index in [4.69, 9.17) is 16.2 Å². The Morgan fingerprint density at radius 3 is 2.64 bits per heavy atom. The van der Waals surface area contributed by atoms with E-state index in [2.05, 4.69) is 20.2 Å². The number of morpholine rings is 1. The third-order valence-corrected chi connectivity index (χ3v) is 7.52. The topological polar surface area (TPSA) is 163 Å². The molecule has 1 aromatic carbocycles. The highest BCUT2D eigenvalue weighted by atomic mass is 16.5. The van der Waals surface area contributed by atoms with E-state index >= 15 is 0 Å². The first-order valence-electron chi connectivity index (χ1n) is 13.0. The summed E-state index contributed by atoms with van der Waals surface area (Å²) in [6.07, 6.45) is 2.21. The van der Waals surface area contributed by atoms with Crippen molar-refractivity contribution in [3.05, 3.63) is 48.4 Å². The SMILES string of the molecule is C[C@H]1CN(c2ccncc2NC(=O)c2nc3cc(N4CCOCC4)ccc3cc2N)C[C@@H](N)[C@H]1N(C)C(=O)O. The molecule has 0 unspecified atom stereocenters. The molecule has 6 N–H and O–H groups in total. The Bertz CT molecular complexity index is 1370. The Balaban J connectivity index is 1.38. The fourth-order valence-corrected chi connectivity index (χ4v) is 5.62. The summed E-state index contributed by atoms with van der Waals surface area (Å²) >= 11 is 0. The van der Waals surface area contributed by atoms with Gasteiger partial charge >= 0.3 is 6.09 Å². The molecule has 0 spiro atoms. The Hall–Kier alpha value is -4.16. The molecular weight excluding hydrogens is 500 g/mol. The van der Waals surface area contributed by atoms with Gasteiger partial charge in [0.2, 0.25) is 0 Å². The number of hydrogen-bond donors (Lipinski definition) is 4. The normalized spacial score (nSPS) is 21.6. The third kappa shape index (κ3) is 5.38. The van der Waals surface area contributed by atoms with E-state index < -0.39 is 18.0 Å². The molecule has 39 heavy (non-hydrogen) atoms. The smallest absolute Gasteiger partial charge is 0.407 e. The van der Waals surface area contributed by atoms with Crippen molar-refractivity contribution in [3.63, 3.8) is 0 Å². The lowest BCUT2D eigenvalue weighted by Crippen LogP contribution is -2.62. The predicted molar refractivity (Wildman–Crippen MR) is 150 cm³/mol. The minimum absolute atomic E-state index is 0.0370.